The lowest BCUT2D eigenvalue weighted by atomic mass is 9.96. The van der Waals surface area contributed by atoms with Crippen molar-refractivity contribution >= 4 is 33.6 Å². The van der Waals surface area contributed by atoms with Gasteiger partial charge in [0.2, 0.25) is 0 Å². The second-order valence-electron chi connectivity index (χ2n) is 7.79. The van der Waals surface area contributed by atoms with Gasteiger partial charge in [0.25, 0.3) is 0 Å². The summed E-state index contributed by atoms with van der Waals surface area (Å²) < 4.78 is 5.48. The van der Waals surface area contributed by atoms with Crippen LogP contribution in [0.4, 0.5) is 11.4 Å². The van der Waals surface area contributed by atoms with E-state index in [1.807, 2.05) is 36.4 Å². The number of nitrogens with zero attached hydrogens (tertiary/aromatic N) is 4. The minimum absolute atomic E-state index is 0.141. The number of anilines is 1. The van der Waals surface area contributed by atoms with Gasteiger partial charge in [-0.1, -0.05) is 12.1 Å². The molecule has 1 aliphatic heterocycles. The molecule has 0 spiro atoms. The lowest BCUT2D eigenvalue weighted by Crippen LogP contribution is -2.33. The number of nitro groups is 1. The lowest BCUT2D eigenvalue weighted by molar-refractivity contribution is -0.382. The first-order chi connectivity index (χ1) is 15.7. The molecule has 1 saturated heterocycles. The van der Waals surface area contributed by atoms with Crippen molar-refractivity contribution in [3.63, 3.8) is 0 Å². The number of nitro benzene ring substituents is 1. The predicted octanol–water partition coefficient (Wildman–Crippen LogP) is 5.66. The fourth-order valence-electron chi connectivity index (χ4n) is 4.39. The first-order valence-corrected chi connectivity index (χ1v) is 11.4. The van der Waals surface area contributed by atoms with Gasteiger partial charge in [0.05, 0.1) is 33.6 Å². The van der Waals surface area contributed by atoms with E-state index >= 15 is 0 Å². The highest BCUT2D eigenvalue weighted by molar-refractivity contribution is 7.10. The highest BCUT2D eigenvalue weighted by Gasteiger charge is 2.28. The van der Waals surface area contributed by atoms with Crippen LogP contribution >= 0.6 is 11.3 Å². The molecule has 2 aromatic heterocycles. The number of rotatable bonds is 5. The highest BCUT2D eigenvalue weighted by Crippen LogP contribution is 2.40. The summed E-state index contributed by atoms with van der Waals surface area (Å²) in [5, 5.41) is 15.7. The maximum Gasteiger partial charge on any atom is 0.301 e. The van der Waals surface area contributed by atoms with E-state index in [9.17, 15) is 10.1 Å². The molecule has 1 aliphatic rings. The summed E-state index contributed by atoms with van der Waals surface area (Å²) in [5.41, 5.74) is 3.38. The maximum atomic E-state index is 11.9. The van der Waals surface area contributed by atoms with E-state index in [0.717, 1.165) is 47.9 Å². The third-order valence-corrected chi connectivity index (χ3v) is 7.01. The zero-order valence-corrected chi connectivity index (χ0v) is 18.4. The molecule has 0 unspecified atom stereocenters. The summed E-state index contributed by atoms with van der Waals surface area (Å²) in [4.78, 5) is 22.9. The van der Waals surface area contributed by atoms with Crippen molar-refractivity contribution in [2.45, 2.75) is 18.8 Å². The summed E-state index contributed by atoms with van der Waals surface area (Å²) in [6, 6.07) is 15.1. The Morgan fingerprint density at radius 3 is 2.72 bits per heavy atom. The predicted molar refractivity (Wildman–Crippen MR) is 127 cm³/mol. The Balaban J connectivity index is 1.36. The van der Waals surface area contributed by atoms with Crippen molar-refractivity contribution in [3.8, 4) is 17.0 Å². The molecule has 32 heavy (non-hydrogen) atoms. The number of thiazole rings is 1. The van der Waals surface area contributed by atoms with E-state index in [1.165, 1.54) is 0 Å². The molecule has 1 fully saturated rings. The Labute approximate surface area is 189 Å². The fourth-order valence-corrected chi connectivity index (χ4v) is 5.39. The van der Waals surface area contributed by atoms with Gasteiger partial charge in [0, 0.05) is 36.1 Å². The van der Waals surface area contributed by atoms with Crippen LogP contribution in [0.5, 0.6) is 5.75 Å². The van der Waals surface area contributed by atoms with Gasteiger partial charge in [0.1, 0.15) is 11.4 Å². The largest absolute Gasteiger partial charge is 0.496 e. The molecule has 0 aliphatic carbocycles. The topological polar surface area (TPSA) is 81.4 Å². The van der Waals surface area contributed by atoms with Gasteiger partial charge >= 0.3 is 5.69 Å². The molecule has 0 amide bonds. The summed E-state index contributed by atoms with van der Waals surface area (Å²) in [6.07, 6.45) is 3.47. The smallest absolute Gasteiger partial charge is 0.301 e. The van der Waals surface area contributed by atoms with Gasteiger partial charge in [-0.25, -0.2) is 4.98 Å². The number of hydrogen-bond donors (Lipinski definition) is 0. The molecule has 162 valence electrons. The molecular weight excluding hydrogens is 424 g/mol. The molecule has 2 aromatic carbocycles. The Hall–Kier alpha value is -3.52. The molecule has 7 nitrogen and oxygen atoms in total. The molecule has 0 atom stereocenters. The van der Waals surface area contributed by atoms with Crippen LogP contribution in [0, 0.1) is 10.1 Å². The second-order valence-corrected chi connectivity index (χ2v) is 8.68. The zero-order chi connectivity index (χ0) is 22.1. The third-order valence-electron chi connectivity index (χ3n) is 6.01. The van der Waals surface area contributed by atoms with Gasteiger partial charge in [-0.05, 0) is 49.2 Å². The van der Waals surface area contributed by atoms with Crippen molar-refractivity contribution in [1.82, 2.24) is 9.97 Å². The Bertz CT molecular complexity index is 1280. The van der Waals surface area contributed by atoms with Gasteiger partial charge in [-0.2, -0.15) is 0 Å². The number of hydrogen-bond acceptors (Lipinski definition) is 7. The van der Waals surface area contributed by atoms with Crippen LogP contribution in [0.2, 0.25) is 0 Å². The Kier molecular flexibility index (Phi) is 5.45. The van der Waals surface area contributed by atoms with Crippen LogP contribution in [0.15, 0.2) is 60.1 Å². The summed E-state index contributed by atoms with van der Waals surface area (Å²) >= 11 is 1.68. The average molecular weight is 447 g/mol. The minimum atomic E-state index is -0.286. The van der Waals surface area contributed by atoms with Gasteiger partial charge < -0.3 is 9.64 Å². The number of pyridine rings is 1. The summed E-state index contributed by atoms with van der Waals surface area (Å²) in [5.74, 6) is 1.16. The normalized spacial score (nSPS) is 14.6. The van der Waals surface area contributed by atoms with E-state index in [-0.39, 0.29) is 10.6 Å². The first-order valence-electron chi connectivity index (χ1n) is 10.5. The monoisotopic (exact) mass is 446 g/mol. The van der Waals surface area contributed by atoms with Crippen molar-refractivity contribution in [2.75, 3.05) is 25.1 Å². The summed E-state index contributed by atoms with van der Waals surface area (Å²) in [6.45, 7) is 1.50. The number of methoxy groups -OCH3 is 1. The van der Waals surface area contributed by atoms with Crippen molar-refractivity contribution < 1.29 is 9.66 Å². The van der Waals surface area contributed by atoms with Crippen LogP contribution < -0.4 is 9.64 Å². The standard InChI is InChI=1S/C24H22N4O3S/c1-31-22-7-3-2-5-17(22)20-15-32-24(26-20)16-10-13-27(14-11-16)21-9-8-19-18(6-4-12-25-19)23(21)28(29)30/h2-9,12,15-16H,10-11,13-14H2,1H3. The number of piperidine rings is 1. The van der Waals surface area contributed by atoms with Crippen molar-refractivity contribution in [1.29, 1.82) is 0 Å². The fraction of sp³-hybridized carbons (Fsp3) is 0.250. The van der Waals surface area contributed by atoms with E-state index in [4.69, 9.17) is 9.72 Å². The average Bonchev–Trinajstić information content (AvgIpc) is 3.33. The SMILES string of the molecule is COc1ccccc1-c1csc(C2CCN(c3ccc4ncccc4c3[N+](=O)[O-])CC2)n1. The van der Waals surface area contributed by atoms with Crippen LogP contribution in [-0.2, 0) is 0 Å². The lowest BCUT2D eigenvalue weighted by Gasteiger charge is -2.32. The van der Waals surface area contributed by atoms with Crippen LogP contribution in [-0.4, -0.2) is 35.1 Å². The number of fused-ring (bicyclic) bond motifs is 1. The quantitative estimate of drug-likeness (QED) is 0.291. The molecule has 8 heteroatoms. The highest BCUT2D eigenvalue weighted by atomic mass is 32.1. The van der Waals surface area contributed by atoms with Crippen molar-refractivity contribution in [3.05, 3.63) is 75.2 Å². The number of benzene rings is 2. The van der Waals surface area contributed by atoms with Crippen molar-refractivity contribution in [2.24, 2.45) is 0 Å². The Morgan fingerprint density at radius 2 is 1.94 bits per heavy atom. The van der Waals surface area contributed by atoms with E-state index in [1.54, 1.807) is 36.8 Å². The van der Waals surface area contributed by atoms with Gasteiger partial charge in [-0.15, -0.1) is 11.3 Å². The third kappa shape index (κ3) is 3.67. The molecular formula is C24H22N4O3S. The molecule has 0 saturated carbocycles. The molecule has 4 aromatic rings. The Morgan fingerprint density at radius 1 is 1.12 bits per heavy atom. The minimum Gasteiger partial charge on any atom is -0.496 e. The van der Waals surface area contributed by atoms with E-state index < -0.39 is 0 Å². The van der Waals surface area contributed by atoms with Crippen LogP contribution in [0.25, 0.3) is 22.2 Å². The zero-order valence-electron chi connectivity index (χ0n) is 17.6. The van der Waals surface area contributed by atoms with Gasteiger partial charge in [-0.3, -0.25) is 15.1 Å². The van der Waals surface area contributed by atoms with Crippen LogP contribution in [0.3, 0.4) is 0 Å². The number of para-hydroxylation sites is 1. The second kappa shape index (κ2) is 8.55. The van der Waals surface area contributed by atoms with Gasteiger partial charge in [0.15, 0.2) is 0 Å². The molecule has 3 heterocycles. The number of aromatic nitrogens is 2. The van der Waals surface area contributed by atoms with E-state index in [0.29, 0.717) is 22.5 Å². The van der Waals surface area contributed by atoms with Crippen LogP contribution in [0.1, 0.15) is 23.8 Å². The summed E-state index contributed by atoms with van der Waals surface area (Å²) in [7, 11) is 1.67. The molecule has 0 radical (unpaired) electrons. The molecule has 5 rings (SSSR count). The maximum absolute atomic E-state index is 11.9. The molecule has 0 bridgehead atoms. The number of ether oxygens (including phenoxy) is 1. The van der Waals surface area contributed by atoms with E-state index in [2.05, 4.69) is 15.3 Å². The molecule has 0 N–H and O–H groups in total. The first kappa shape index (κ1) is 20.4.